The van der Waals surface area contributed by atoms with Crippen molar-refractivity contribution < 1.29 is 14.3 Å². The minimum absolute atomic E-state index is 0.238. The normalized spacial score (nSPS) is 25.1. The highest BCUT2D eigenvalue weighted by Crippen LogP contribution is 2.21. The van der Waals surface area contributed by atoms with Gasteiger partial charge in [-0.3, -0.25) is 9.59 Å². The third-order valence-electron chi connectivity index (χ3n) is 1.20. The molecule has 1 saturated heterocycles. The highest BCUT2D eigenvalue weighted by Gasteiger charge is 2.32. The van der Waals surface area contributed by atoms with Gasteiger partial charge in [0.15, 0.2) is 0 Å². The van der Waals surface area contributed by atoms with E-state index in [-0.39, 0.29) is 17.6 Å². The molecule has 56 valence electrons. The summed E-state index contributed by atoms with van der Waals surface area (Å²) in [7, 11) is 0. The number of carbonyl (C=O) groups is 2. The van der Waals surface area contributed by atoms with Crippen LogP contribution in [0.5, 0.6) is 0 Å². The fraction of sp³-hybridized carbons (Fsp3) is 0.667. The van der Waals surface area contributed by atoms with Crippen LogP contribution in [0.1, 0.15) is 13.3 Å². The zero-order valence-corrected chi connectivity index (χ0v) is 6.44. The lowest BCUT2D eigenvalue weighted by molar-refractivity contribution is -0.151. The first-order valence-electron chi connectivity index (χ1n) is 3.10. The van der Waals surface area contributed by atoms with Gasteiger partial charge in [-0.25, -0.2) is 0 Å². The number of esters is 2. The molecule has 1 unspecified atom stereocenters. The quantitative estimate of drug-likeness (QED) is 0.438. The zero-order valence-electron chi connectivity index (χ0n) is 5.62. The average Bonchev–Trinajstić information content (AvgIpc) is 2.13. The minimum Gasteiger partial charge on any atom is -0.392 e. The summed E-state index contributed by atoms with van der Waals surface area (Å²) in [5.41, 5.74) is 0. The Morgan fingerprint density at radius 1 is 1.70 bits per heavy atom. The van der Waals surface area contributed by atoms with Gasteiger partial charge in [0, 0.05) is 0 Å². The maximum atomic E-state index is 10.7. The lowest BCUT2D eigenvalue weighted by atomic mass is 10.4. The molecular formula is C6H8O3S. The van der Waals surface area contributed by atoms with Gasteiger partial charge < -0.3 is 4.74 Å². The Kier molecular flexibility index (Phi) is 2.32. The van der Waals surface area contributed by atoms with Crippen LogP contribution < -0.4 is 0 Å². The first-order chi connectivity index (χ1) is 4.74. The van der Waals surface area contributed by atoms with Gasteiger partial charge in [-0.2, -0.15) is 0 Å². The molecule has 1 rings (SSSR count). The van der Waals surface area contributed by atoms with Gasteiger partial charge in [0.25, 0.3) is 0 Å². The van der Waals surface area contributed by atoms with Crippen LogP contribution in [0.4, 0.5) is 0 Å². The third kappa shape index (κ3) is 1.50. The molecule has 0 saturated carbocycles. The van der Waals surface area contributed by atoms with Crippen molar-refractivity contribution in [2.24, 2.45) is 0 Å². The van der Waals surface area contributed by atoms with Crippen molar-refractivity contribution in [3.63, 3.8) is 0 Å². The molecule has 0 N–H and O–H groups in total. The standard InChI is InChI=1S/C6H8O3S/c1-2-10-4-3-5(7)9-6(4)8/h4H,2-3H2,1H3. The Labute approximate surface area is 63.1 Å². The van der Waals surface area contributed by atoms with Crippen LogP contribution in [0.2, 0.25) is 0 Å². The fourth-order valence-corrected chi connectivity index (χ4v) is 1.62. The van der Waals surface area contributed by atoms with Crippen molar-refractivity contribution in [3.05, 3.63) is 0 Å². The van der Waals surface area contributed by atoms with Crippen LogP contribution in [0, 0.1) is 0 Å². The lowest BCUT2D eigenvalue weighted by Gasteiger charge is -1.98. The Morgan fingerprint density at radius 3 is 2.80 bits per heavy atom. The maximum absolute atomic E-state index is 10.7. The molecule has 0 spiro atoms. The van der Waals surface area contributed by atoms with Gasteiger partial charge in [-0.05, 0) is 5.75 Å². The maximum Gasteiger partial charge on any atom is 0.327 e. The molecule has 0 aromatic heterocycles. The van der Waals surface area contributed by atoms with Crippen molar-refractivity contribution in [2.45, 2.75) is 18.6 Å². The second-order valence-corrected chi connectivity index (χ2v) is 3.42. The molecule has 0 aliphatic carbocycles. The summed E-state index contributed by atoms with van der Waals surface area (Å²) < 4.78 is 4.33. The van der Waals surface area contributed by atoms with Crippen molar-refractivity contribution in [1.29, 1.82) is 0 Å². The van der Waals surface area contributed by atoms with Crippen molar-refractivity contribution in [2.75, 3.05) is 5.75 Å². The number of rotatable bonds is 2. The van der Waals surface area contributed by atoms with Crippen LogP contribution in [-0.4, -0.2) is 22.9 Å². The molecule has 0 radical (unpaired) electrons. The monoisotopic (exact) mass is 160 g/mol. The van der Waals surface area contributed by atoms with Crippen LogP contribution in [0.15, 0.2) is 0 Å². The minimum atomic E-state index is -0.393. The lowest BCUT2D eigenvalue weighted by Crippen LogP contribution is -2.09. The van der Waals surface area contributed by atoms with Gasteiger partial charge in [0.2, 0.25) is 0 Å². The predicted molar refractivity (Wildman–Crippen MR) is 37.6 cm³/mol. The van der Waals surface area contributed by atoms with E-state index in [0.29, 0.717) is 0 Å². The molecule has 4 heteroatoms. The Balaban J connectivity index is 2.46. The number of thioether (sulfide) groups is 1. The molecule has 1 heterocycles. The largest absolute Gasteiger partial charge is 0.392 e. The summed E-state index contributed by atoms with van der Waals surface area (Å²) in [5.74, 6) is 0.0698. The average molecular weight is 160 g/mol. The van der Waals surface area contributed by atoms with Crippen LogP contribution in [0.3, 0.4) is 0 Å². The summed E-state index contributed by atoms with van der Waals surface area (Å²) in [4.78, 5) is 21.2. The number of hydrogen-bond donors (Lipinski definition) is 0. The molecule has 1 aliphatic rings. The van der Waals surface area contributed by atoms with Crippen molar-refractivity contribution in [3.8, 4) is 0 Å². The van der Waals surface area contributed by atoms with Crippen LogP contribution in [0.25, 0.3) is 0 Å². The summed E-state index contributed by atoms with van der Waals surface area (Å²) >= 11 is 1.46. The van der Waals surface area contributed by atoms with E-state index < -0.39 is 5.97 Å². The van der Waals surface area contributed by atoms with E-state index in [0.717, 1.165) is 5.75 Å². The van der Waals surface area contributed by atoms with E-state index in [2.05, 4.69) is 4.74 Å². The third-order valence-corrected chi connectivity index (χ3v) is 2.29. The summed E-state index contributed by atoms with van der Waals surface area (Å²) in [6, 6.07) is 0. The van der Waals surface area contributed by atoms with Gasteiger partial charge in [-0.15, -0.1) is 11.8 Å². The highest BCUT2D eigenvalue weighted by atomic mass is 32.2. The number of hydrogen-bond acceptors (Lipinski definition) is 4. The van der Waals surface area contributed by atoms with E-state index in [1.165, 1.54) is 11.8 Å². The first kappa shape index (κ1) is 7.60. The molecule has 1 atom stereocenters. The zero-order chi connectivity index (χ0) is 7.56. The molecule has 0 aromatic rings. The number of carbonyl (C=O) groups excluding carboxylic acids is 2. The van der Waals surface area contributed by atoms with Crippen molar-refractivity contribution >= 4 is 23.7 Å². The smallest absolute Gasteiger partial charge is 0.327 e. The van der Waals surface area contributed by atoms with E-state index in [1.807, 2.05) is 6.92 Å². The first-order valence-corrected chi connectivity index (χ1v) is 4.15. The van der Waals surface area contributed by atoms with Crippen LogP contribution >= 0.6 is 11.8 Å². The molecule has 0 bridgehead atoms. The topological polar surface area (TPSA) is 43.4 Å². The summed E-state index contributed by atoms with van der Waals surface area (Å²) in [6.07, 6.45) is 0.247. The molecule has 3 nitrogen and oxygen atoms in total. The Morgan fingerprint density at radius 2 is 2.40 bits per heavy atom. The molecule has 0 amide bonds. The van der Waals surface area contributed by atoms with Gasteiger partial charge >= 0.3 is 11.9 Å². The SMILES string of the molecule is CCSC1CC(=O)OC1=O. The second-order valence-electron chi connectivity index (χ2n) is 1.94. The van der Waals surface area contributed by atoms with E-state index in [1.54, 1.807) is 0 Å². The van der Waals surface area contributed by atoms with Gasteiger partial charge in [-0.1, -0.05) is 6.92 Å². The summed E-state index contributed by atoms with van der Waals surface area (Å²) in [6.45, 7) is 1.95. The molecule has 0 aromatic carbocycles. The molecule has 1 aliphatic heterocycles. The fourth-order valence-electron chi connectivity index (χ4n) is 0.782. The molecular weight excluding hydrogens is 152 g/mol. The Bertz CT molecular complexity index is 166. The van der Waals surface area contributed by atoms with E-state index in [4.69, 9.17) is 0 Å². The second kappa shape index (κ2) is 3.05. The summed E-state index contributed by atoms with van der Waals surface area (Å²) in [5, 5.41) is -0.238. The highest BCUT2D eigenvalue weighted by molar-refractivity contribution is 8.00. The van der Waals surface area contributed by atoms with Crippen LogP contribution in [-0.2, 0) is 14.3 Å². The van der Waals surface area contributed by atoms with Crippen molar-refractivity contribution in [1.82, 2.24) is 0 Å². The van der Waals surface area contributed by atoms with E-state index in [9.17, 15) is 9.59 Å². The number of ether oxygens (including phenoxy) is 1. The van der Waals surface area contributed by atoms with Gasteiger partial charge in [0.1, 0.15) is 5.25 Å². The molecule has 10 heavy (non-hydrogen) atoms. The van der Waals surface area contributed by atoms with Gasteiger partial charge in [0.05, 0.1) is 6.42 Å². The van der Waals surface area contributed by atoms with E-state index >= 15 is 0 Å². The number of cyclic esters (lactones) is 2. The Hall–Kier alpha value is -0.510. The predicted octanol–water partition coefficient (Wildman–Crippen LogP) is 0.582. The molecule has 1 fully saturated rings.